The summed E-state index contributed by atoms with van der Waals surface area (Å²) in [4.78, 5) is 0. The summed E-state index contributed by atoms with van der Waals surface area (Å²) in [6.45, 7) is 9.65. The molecule has 4 unspecified atom stereocenters. The van der Waals surface area contributed by atoms with Gasteiger partial charge in [-0.15, -0.1) is 0 Å². The fraction of sp³-hybridized carbons (Fsp3) is 1.00. The number of hydrogen-bond donors (Lipinski definition) is 2. The fourth-order valence-corrected chi connectivity index (χ4v) is 2.46. The van der Waals surface area contributed by atoms with E-state index in [9.17, 15) is 5.11 Å². The minimum atomic E-state index is -0.151. The molecule has 1 fully saturated rings. The number of aliphatic hydroxyl groups is 1. The van der Waals surface area contributed by atoms with Crippen LogP contribution in [0.15, 0.2) is 0 Å². The van der Waals surface area contributed by atoms with Gasteiger partial charge in [-0.2, -0.15) is 0 Å². The summed E-state index contributed by atoms with van der Waals surface area (Å²) in [6, 6.07) is 0.472. The average Bonchev–Trinajstić information content (AvgIpc) is 2.18. The summed E-state index contributed by atoms with van der Waals surface area (Å²) in [5.74, 6) is 2.13. The lowest BCUT2D eigenvalue weighted by Gasteiger charge is -2.35. The molecule has 1 saturated carbocycles. The second kappa shape index (κ2) is 5.86. The Bertz CT molecular complexity index is 181. The molecule has 0 spiro atoms. The lowest BCUT2D eigenvalue weighted by atomic mass is 9.74. The molecular formula is C13H27NO. The number of nitrogens with one attached hydrogen (secondary N) is 1. The lowest BCUT2D eigenvalue weighted by Crippen LogP contribution is -2.38. The summed E-state index contributed by atoms with van der Waals surface area (Å²) in [6.07, 6.45) is 3.53. The van der Waals surface area contributed by atoms with Crippen molar-refractivity contribution in [2.75, 3.05) is 6.54 Å². The Labute approximate surface area is 94.5 Å². The van der Waals surface area contributed by atoms with Crippen molar-refractivity contribution in [3.8, 4) is 0 Å². The van der Waals surface area contributed by atoms with Crippen LogP contribution in [0.4, 0.5) is 0 Å². The van der Waals surface area contributed by atoms with Crippen molar-refractivity contribution in [2.24, 2.45) is 17.8 Å². The van der Waals surface area contributed by atoms with Gasteiger partial charge < -0.3 is 10.4 Å². The van der Waals surface area contributed by atoms with Gasteiger partial charge in [0.05, 0.1) is 6.10 Å². The van der Waals surface area contributed by atoms with Crippen LogP contribution >= 0.6 is 0 Å². The highest BCUT2D eigenvalue weighted by Gasteiger charge is 2.28. The first-order valence-corrected chi connectivity index (χ1v) is 6.42. The first-order valence-electron chi connectivity index (χ1n) is 6.42. The summed E-state index contributed by atoms with van der Waals surface area (Å²) < 4.78 is 0. The number of rotatable bonds is 4. The average molecular weight is 213 g/mol. The van der Waals surface area contributed by atoms with E-state index in [1.54, 1.807) is 0 Å². The summed E-state index contributed by atoms with van der Waals surface area (Å²) in [5.41, 5.74) is 0. The molecule has 0 aromatic heterocycles. The van der Waals surface area contributed by atoms with Gasteiger partial charge in [-0.25, -0.2) is 0 Å². The summed E-state index contributed by atoms with van der Waals surface area (Å²) in [5, 5.41) is 13.4. The second-order valence-corrected chi connectivity index (χ2v) is 5.66. The smallest absolute Gasteiger partial charge is 0.0692 e. The quantitative estimate of drug-likeness (QED) is 0.751. The molecule has 0 amide bonds. The molecule has 0 bridgehead atoms. The van der Waals surface area contributed by atoms with Crippen molar-refractivity contribution in [1.29, 1.82) is 0 Å². The molecular weight excluding hydrogens is 186 g/mol. The molecule has 2 N–H and O–H groups in total. The minimum absolute atomic E-state index is 0.151. The zero-order valence-electron chi connectivity index (χ0n) is 10.7. The Morgan fingerprint density at radius 2 is 1.87 bits per heavy atom. The second-order valence-electron chi connectivity index (χ2n) is 5.66. The van der Waals surface area contributed by atoms with Crippen LogP contribution in [0.2, 0.25) is 0 Å². The molecule has 0 heterocycles. The molecule has 1 aliphatic rings. The van der Waals surface area contributed by atoms with Crippen LogP contribution < -0.4 is 5.32 Å². The van der Waals surface area contributed by atoms with E-state index in [4.69, 9.17) is 0 Å². The Morgan fingerprint density at radius 3 is 2.40 bits per heavy atom. The Hall–Kier alpha value is -0.0800. The van der Waals surface area contributed by atoms with E-state index in [0.717, 1.165) is 18.4 Å². The Kier molecular flexibility index (Phi) is 5.07. The van der Waals surface area contributed by atoms with E-state index in [2.05, 4.69) is 33.0 Å². The molecule has 0 aromatic carbocycles. The van der Waals surface area contributed by atoms with Crippen molar-refractivity contribution in [3.63, 3.8) is 0 Å². The zero-order valence-corrected chi connectivity index (χ0v) is 10.7. The van der Waals surface area contributed by atoms with Gasteiger partial charge in [0.1, 0.15) is 0 Å². The molecule has 0 saturated heterocycles. The third-order valence-electron chi connectivity index (χ3n) is 3.92. The number of hydrogen-bond acceptors (Lipinski definition) is 2. The third kappa shape index (κ3) is 4.12. The first kappa shape index (κ1) is 13.0. The van der Waals surface area contributed by atoms with Crippen LogP contribution in [0.25, 0.3) is 0 Å². The maximum absolute atomic E-state index is 10.1. The Balaban J connectivity index is 2.30. The molecule has 1 rings (SSSR count). The number of aliphatic hydroxyl groups excluding tert-OH is 1. The van der Waals surface area contributed by atoms with Crippen LogP contribution in [0, 0.1) is 17.8 Å². The lowest BCUT2D eigenvalue weighted by molar-refractivity contribution is 0.0554. The van der Waals surface area contributed by atoms with Crippen molar-refractivity contribution >= 4 is 0 Å². The van der Waals surface area contributed by atoms with Gasteiger partial charge in [0, 0.05) is 12.6 Å². The molecule has 2 nitrogen and oxygen atoms in total. The predicted octanol–water partition coefficient (Wildman–Crippen LogP) is 2.42. The highest BCUT2D eigenvalue weighted by Crippen LogP contribution is 2.34. The maximum atomic E-state index is 10.1. The molecule has 0 aromatic rings. The monoisotopic (exact) mass is 213 g/mol. The zero-order chi connectivity index (χ0) is 11.4. The van der Waals surface area contributed by atoms with Gasteiger partial charge in [0.15, 0.2) is 0 Å². The highest BCUT2D eigenvalue weighted by molar-refractivity contribution is 4.81. The fourth-order valence-electron chi connectivity index (χ4n) is 2.46. The normalized spacial score (nSPS) is 34.4. The van der Waals surface area contributed by atoms with E-state index in [1.807, 2.05) is 0 Å². The third-order valence-corrected chi connectivity index (χ3v) is 3.92. The molecule has 4 atom stereocenters. The first-order chi connectivity index (χ1) is 7.00. The highest BCUT2D eigenvalue weighted by atomic mass is 16.3. The van der Waals surface area contributed by atoms with E-state index < -0.39 is 0 Å². The largest absolute Gasteiger partial charge is 0.392 e. The SMILES string of the molecule is CC(C)NCC(O)C1CCC(C)C(C)C1. The van der Waals surface area contributed by atoms with Gasteiger partial charge in [-0.05, 0) is 30.6 Å². The predicted molar refractivity (Wildman–Crippen MR) is 64.8 cm³/mol. The molecule has 2 heteroatoms. The molecule has 90 valence electrons. The van der Waals surface area contributed by atoms with Crippen molar-refractivity contribution < 1.29 is 5.11 Å². The maximum Gasteiger partial charge on any atom is 0.0692 e. The van der Waals surface area contributed by atoms with Crippen molar-refractivity contribution in [2.45, 2.75) is 59.1 Å². The van der Waals surface area contributed by atoms with Crippen LogP contribution in [-0.4, -0.2) is 23.8 Å². The van der Waals surface area contributed by atoms with Gasteiger partial charge in [0.25, 0.3) is 0 Å². The topological polar surface area (TPSA) is 32.3 Å². The van der Waals surface area contributed by atoms with Crippen LogP contribution in [0.5, 0.6) is 0 Å². The summed E-state index contributed by atoms with van der Waals surface area (Å²) >= 11 is 0. The molecule has 1 aliphatic carbocycles. The van der Waals surface area contributed by atoms with Gasteiger partial charge in [-0.1, -0.05) is 34.1 Å². The van der Waals surface area contributed by atoms with Gasteiger partial charge >= 0.3 is 0 Å². The Morgan fingerprint density at radius 1 is 1.20 bits per heavy atom. The van der Waals surface area contributed by atoms with Crippen LogP contribution in [0.1, 0.15) is 47.0 Å². The minimum Gasteiger partial charge on any atom is -0.392 e. The van der Waals surface area contributed by atoms with E-state index in [0.29, 0.717) is 12.0 Å². The molecule has 0 radical (unpaired) electrons. The standard InChI is InChI=1S/C13H27NO/c1-9(2)14-8-13(15)12-6-5-10(3)11(4)7-12/h9-15H,5-8H2,1-4H3. The van der Waals surface area contributed by atoms with Gasteiger partial charge in [-0.3, -0.25) is 0 Å². The van der Waals surface area contributed by atoms with Crippen LogP contribution in [-0.2, 0) is 0 Å². The molecule has 0 aliphatic heterocycles. The van der Waals surface area contributed by atoms with E-state index in [1.165, 1.54) is 19.3 Å². The van der Waals surface area contributed by atoms with Crippen LogP contribution in [0.3, 0.4) is 0 Å². The van der Waals surface area contributed by atoms with Crippen molar-refractivity contribution in [3.05, 3.63) is 0 Å². The van der Waals surface area contributed by atoms with Gasteiger partial charge in [0.2, 0.25) is 0 Å². The van der Waals surface area contributed by atoms with Crippen molar-refractivity contribution in [1.82, 2.24) is 5.32 Å². The summed E-state index contributed by atoms with van der Waals surface area (Å²) in [7, 11) is 0. The van der Waals surface area contributed by atoms with E-state index in [-0.39, 0.29) is 6.10 Å². The molecule has 15 heavy (non-hydrogen) atoms. The van der Waals surface area contributed by atoms with E-state index >= 15 is 0 Å².